The molecule has 1 aromatic carbocycles. The molecule has 2 N–H and O–H groups in total. The first-order chi connectivity index (χ1) is 9.48. The van der Waals surface area contributed by atoms with Gasteiger partial charge in [0, 0.05) is 12.6 Å². The van der Waals surface area contributed by atoms with Crippen LogP contribution >= 0.6 is 12.4 Å². The number of pyridine rings is 1. The molecule has 0 radical (unpaired) electrons. The fourth-order valence-corrected chi connectivity index (χ4v) is 2.55. The Labute approximate surface area is 127 Å². The number of halogens is 2. The zero-order chi connectivity index (χ0) is 14.3. The van der Waals surface area contributed by atoms with Crippen LogP contribution in [0.1, 0.15) is 28.4 Å². The number of aromatic nitrogens is 1. The van der Waals surface area contributed by atoms with Crippen LogP contribution in [0.5, 0.6) is 0 Å². The second-order valence-corrected chi connectivity index (χ2v) is 5.18. The Kier molecular flexibility index (Phi) is 3.87. The summed E-state index contributed by atoms with van der Waals surface area (Å²) < 4.78 is 13.0. The molecule has 110 valence electrons. The smallest absolute Gasteiger partial charge is 0.337 e. The second kappa shape index (κ2) is 5.33. The Bertz CT molecular complexity index is 691. The average molecular weight is 309 g/mol. The van der Waals surface area contributed by atoms with Gasteiger partial charge in [0.15, 0.2) is 0 Å². The van der Waals surface area contributed by atoms with Crippen LogP contribution in [-0.4, -0.2) is 16.1 Å². The second-order valence-electron chi connectivity index (χ2n) is 5.18. The van der Waals surface area contributed by atoms with Crippen LogP contribution in [0, 0.1) is 5.82 Å². The summed E-state index contributed by atoms with van der Waals surface area (Å²) >= 11 is 0. The highest BCUT2D eigenvalue weighted by Gasteiger charge is 2.35. The zero-order valence-electron chi connectivity index (χ0n) is 11.3. The third kappa shape index (κ3) is 2.69. The lowest BCUT2D eigenvalue weighted by Crippen LogP contribution is -2.29. The molecule has 2 heterocycles. The van der Waals surface area contributed by atoms with Crippen molar-refractivity contribution < 1.29 is 14.3 Å². The van der Waals surface area contributed by atoms with Crippen LogP contribution in [0.15, 0.2) is 36.5 Å². The molecule has 0 fully saturated rings. The molecule has 0 bridgehead atoms. The number of hydrogen-bond donors (Lipinski definition) is 2. The molecule has 0 aliphatic carbocycles. The minimum atomic E-state index is -0.990. The number of carboxylic acids is 1. The highest BCUT2D eigenvalue weighted by Crippen LogP contribution is 2.38. The Morgan fingerprint density at radius 3 is 2.67 bits per heavy atom. The van der Waals surface area contributed by atoms with E-state index in [-0.39, 0.29) is 23.8 Å². The summed E-state index contributed by atoms with van der Waals surface area (Å²) in [6.07, 6.45) is 1.95. The molecule has 6 heteroatoms. The molecule has 1 aliphatic rings. The fraction of sp³-hybridized carbons (Fsp3) is 0.200. The van der Waals surface area contributed by atoms with E-state index in [1.807, 2.05) is 6.92 Å². The first-order valence-corrected chi connectivity index (χ1v) is 6.24. The SMILES string of the molecule is C[C@@]1(c2ccc(F)cc2)Cc2cc(C(=O)O)cnc2N1.Cl. The Hall–Kier alpha value is -2.14. The first kappa shape index (κ1) is 15.3. The molecule has 1 aliphatic heterocycles. The third-order valence-electron chi connectivity index (χ3n) is 3.63. The van der Waals surface area contributed by atoms with Crippen molar-refractivity contribution in [3.8, 4) is 0 Å². The van der Waals surface area contributed by atoms with Gasteiger partial charge in [0.2, 0.25) is 0 Å². The van der Waals surface area contributed by atoms with Crippen molar-refractivity contribution >= 4 is 24.2 Å². The maximum absolute atomic E-state index is 13.0. The van der Waals surface area contributed by atoms with Crippen LogP contribution in [-0.2, 0) is 12.0 Å². The predicted molar refractivity (Wildman–Crippen MR) is 79.5 cm³/mol. The van der Waals surface area contributed by atoms with E-state index in [1.54, 1.807) is 18.2 Å². The quantitative estimate of drug-likeness (QED) is 0.894. The number of carboxylic acid groups (broad SMARTS) is 1. The summed E-state index contributed by atoms with van der Waals surface area (Å²) in [5.74, 6) is -0.586. The molecule has 0 unspecified atom stereocenters. The normalized spacial score (nSPS) is 19.3. The number of anilines is 1. The van der Waals surface area contributed by atoms with Gasteiger partial charge in [0.05, 0.1) is 11.1 Å². The van der Waals surface area contributed by atoms with E-state index in [0.717, 1.165) is 11.1 Å². The number of aromatic carboxylic acids is 1. The van der Waals surface area contributed by atoms with Crippen LogP contribution in [0.2, 0.25) is 0 Å². The Morgan fingerprint density at radius 1 is 1.38 bits per heavy atom. The molecule has 3 rings (SSSR count). The van der Waals surface area contributed by atoms with Crippen molar-refractivity contribution in [1.29, 1.82) is 0 Å². The van der Waals surface area contributed by atoms with Crippen LogP contribution in [0.4, 0.5) is 10.2 Å². The summed E-state index contributed by atoms with van der Waals surface area (Å²) in [6.45, 7) is 1.99. The number of rotatable bonds is 2. The van der Waals surface area contributed by atoms with Crippen molar-refractivity contribution in [2.75, 3.05) is 5.32 Å². The van der Waals surface area contributed by atoms with Crippen LogP contribution in [0.25, 0.3) is 0 Å². The van der Waals surface area contributed by atoms with Gasteiger partial charge in [-0.2, -0.15) is 0 Å². The highest BCUT2D eigenvalue weighted by molar-refractivity contribution is 5.88. The molecule has 1 atom stereocenters. The van der Waals surface area contributed by atoms with Gasteiger partial charge >= 0.3 is 5.97 Å². The van der Waals surface area contributed by atoms with E-state index in [2.05, 4.69) is 10.3 Å². The maximum Gasteiger partial charge on any atom is 0.337 e. The van der Waals surface area contributed by atoms with E-state index in [9.17, 15) is 9.18 Å². The van der Waals surface area contributed by atoms with Gasteiger partial charge in [-0.3, -0.25) is 0 Å². The highest BCUT2D eigenvalue weighted by atomic mass is 35.5. The number of benzene rings is 1. The minimum Gasteiger partial charge on any atom is -0.478 e. The average Bonchev–Trinajstić information content (AvgIpc) is 2.75. The third-order valence-corrected chi connectivity index (χ3v) is 3.63. The summed E-state index contributed by atoms with van der Waals surface area (Å²) in [5, 5.41) is 12.3. The Balaban J connectivity index is 0.00000161. The molecular weight excluding hydrogens is 295 g/mol. The largest absolute Gasteiger partial charge is 0.478 e. The molecular formula is C15H14ClFN2O2. The van der Waals surface area contributed by atoms with Gasteiger partial charge < -0.3 is 10.4 Å². The van der Waals surface area contributed by atoms with Crippen molar-refractivity contribution in [1.82, 2.24) is 4.98 Å². The van der Waals surface area contributed by atoms with Crippen LogP contribution < -0.4 is 5.32 Å². The van der Waals surface area contributed by atoms with Crippen molar-refractivity contribution in [3.05, 3.63) is 59.0 Å². The van der Waals surface area contributed by atoms with Crippen molar-refractivity contribution in [2.24, 2.45) is 0 Å². The van der Waals surface area contributed by atoms with Crippen LogP contribution in [0.3, 0.4) is 0 Å². The molecule has 1 aromatic heterocycles. The standard InChI is InChI=1S/C15H13FN2O2.ClH/c1-15(11-2-4-12(16)5-3-11)7-9-6-10(14(19)20)8-17-13(9)18-15;/h2-6,8H,7H2,1H3,(H,17,18)(H,19,20);1H/t15-;/m0./s1. The molecule has 0 spiro atoms. The van der Waals surface area contributed by atoms with Gasteiger partial charge in [-0.25, -0.2) is 14.2 Å². The molecule has 2 aromatic rings. The number of carbonyl (C=O) groups is 1. The maximum atomic E-state index is 13.0. The van der Waals surface area contributed by atoms with E-state index < -0.39 is 11.5 Å². The first-order valence-electron chi connectivity index (χ1n) is 6.24. The van der Waals surface area contributed by atoms with Crippen molar-refractivity contribution in [2.45, 2.75) is 18.9 Å². The molecule has 4 nitrogen and oxygen atoms in total. The Morgan fingerprint density at radius 2 is 2.05 bits per heavy atom. The van der Waals surface area contributed by atoms with Gasteiger partial charge in [-0.1, -0.05) is 12.1 Å². The van der Waals surface area contributed by atoms with E-state index in [1.165, 1.54) is 18.3 Å². The van der Waals surface area contributed by atoms with E-state index in [4.69, 9.17) is 5.11 Å². The molecule has 0 saturated carbocycles. The number of fused-ring (bicyclic) bond motifs is 1. The number of nitrogens with zero attached hydrogens (tertiary/aromatic N) is 1. The molecule has 0 saturated heterocycles. The van der Waals surface area contributed by atoms with Gasteiger partial charge in [-0.15, -0.1) is 12.4 Å². The van der Waals surface area contributed by atoms with E-state index >= 15 is 0 Å². The summed E-state index contributed by atoms with van der Waals surface area (Å²) in [4.78, 5) is 15.1. The van der Waals surface area contributed by atoms with Gasteiger partial charge in [-0.05, 0) is 36.2 Å². The number of hydrogen-bond acceptors (Lipinski definition) is 3. The molecule has 0 amide bonds. The summed E-state index contributed by atoms with van der Waals surface area (Å²) in [7, 11) is 0. The summed E-state index contributed by atoms with van der Waals surface area (Å²) in [5.41, 5.74) is 1.57. The lowest BCUT2D eigenvalue weighted by molar-refractivity contribution is 0.0696. The van der Waals surface area contributed by atoms with Gasteiger partial charge in [0.25, 0.3) is 0 Å². The lowest BCUT2D eigenvalue weighted by Gasteiger charge is -2.25. The van der Waals surface area contributed by atoms with Gasteiger partial charge in [0.1, 0.15) is 11.6 Å². The van der Waals surface area contributed by atoms with Crippen molar-refractivity contribution in [3.63, 3.8) is 0 Å². The zero-order valence-corrected chi connectivity index (χ0v) is 12.1. The number of nitrogens with one attached hydrogen (secondary N) is 1. The topological polar surface area (TPSA) is 62.2 Å². The van der Waals surface area contributed by atoms with E-state index in [0.29, 0.717) is 12.2 Å². The molecule has 21 heavy (non-hydrogen) atoms. The summed E-state index contributed by atoms with van der Waals surface area (Å²) in [6, 6.07) is 7.92. The lowest BCUT2D eigenvalue weighted by atomic mass is 9.89. The monoisotopic (exact) mass is 308 g/mol. The minimum absolute atomic E-state index is 0. The predicted octanol–water partition coefficient (Wildman–Crippen LogP) is 3.22. The fourth-order valence-electron chi connectivity index (χ4n) is 2.55.